The van der Waals surface area contributed by atoms with E-state index in [-0.39, 0.29) is 5.91 Å². The van der Waals surface area contributed by atoms with Gasteiger partial charge in [-0.3, -0.25) is 4.79 Å². The number of unbranched alkanes of at least 4 members (excludes halogenated alkanes) is 6. The monoisotopic (exact) mass is 239 g/mol. The summed E-state index contributed by atoms with van der Waals surface area (Å²) in [6, 6.07) is 0. The Morgan fingerprint density at radius 3 is 2.29 bits per heavy atom. The standard InChI is InChI=1S/C15H29NO/c1-4-6-8-9-10-12-14(3)15(17)16-13-11-7-5-2/h12H,4-11,13H2,1-3H3,(H,16,17)/b14-12+. The molecule has 0 aliphatic rings. The molecule has 17 heavy (non-hydrogen) atoms. The first-order valence-corrected chi connectivity index (χ1v) is 7.17. The van der Waals surface area contributed by atoms with Crippen LogP contribution in [0.25, 0.3) is 0 Å². The predicted molar refractivity (Wildman–Crippen MR) is 75.1 cm³/mol. The summed E-state index contributed by atoms with van der Waals surface area (Å²) in [6.45, 7) is 7.11. The zero-order valence-electron chi connectivity index (χ0n) is 11.8. The van der Waals surface area contributed by atoms with Gasteiger partial charge in [-0.05, 0) is 26.2 Å². The highest BCUT2D eigenvalue weighted by atomic mass is 16.1. The molecule has 2 nitrogen and oxygen atoms in total. The Bertz CT molecular complexity index is 221. The summed E-state index contributed by atoms with van der Waals surface area (Å²) in [5.74, 6) is 0.108. The average Bonchev–Trinajstić information content (AvgIpc) is 2.34. The molecule has 0 bridgehead atoms. The van der Waals surface area contributed by atoms with E-state index in [1.807, 2.05) is 6.92 Å². The highest BCUT2D eigenvalue weighted by Crippen LogP contribution is 2.05. The SMILES string of the molecule is CCCCCC/C=C(\C)C(=O)NCCCCC. The summed E-state index contributed by atoms with van der Waals surface area (Å²) in [4.78, 5) is 11.6. The van der Waals surface area contributed by atoms with Crippen molar-refractivity contribution in [2.24, 2.45) is 0 Å². The van der Waals surface area contributed by atoms with Gasteiger partial charge in [0.05, 0.1) is 0 Å². The fourth-order valence-electron chi connectivity index (χ4n) is 1.70. The molecule has 0 aliphatic heterocycles. The molecule has 1 amide bonds. The number of amides is 1. The van der Waals surface area contributed by atoms with Crippen molar-refractivity contribution >= 4 is 5.91 Å². The summed E-state index contributed by atoms with van der Waals surface area (Å²) in [6.07, 6.45) is 11.6. The minimum absolute atomic E-state index is 0.108. The van der Waals surface area contributed by atoms with E-state index in [1.165, 1.54) is 38.5 Å². The van der Waals surface area contributed by atoms with Crippen LogP contribution in [0.4, 0.5) is 0 Å². The third-order valence-corrected chi connectivity index (χ3v) is 2.93. The van der Waals surface area contributed by atoms with Gasteiger partial charge in [-0.2, -0.15) is 0 Å². The third kappa shape index (κ3) is 10.1. The lowest BCUT2D eigenvalue weighted by Crippen LogP contribution is -2.25. The smallest absolute Gasteiger partial charge is 0.246 e. The Labute approximate surface area is 107 Å². The van der Waals surface area contributed by atoms with Crippen LogP contribution in [0, 0.1) is 0 Å². The molecule has 0 spiro atoms. The van der Waals surface area contributed by atoms with Gasteiger partial charge in [-0.1, -0.05) is 52.0 Å². The van der Waals surface area contributed by atoms with E-state index >= 15 is 0 Å². The van der Waals surface area contributed by atoms with Crippen molar-refractivity contribution in [3.63, 3.8) is 0 Å². The van der Waals surface area contributed by atoms with E-state index in [9.17, 15) is 4.79 Å². The predicted octanol–water partition coefficient (Wildman–Crippen LogP) is 4.21. The molecule has 0 heterocycles. The molecular formula is C15H29NO. The van der Waals surface area contributed by atoms with Gasteiger partial charge in [-0.15, -0.1) is 0 Å². The van der Waals surface area contributed by atoms with Crippen LogP contribution in [0.2, 0.25) is 0 Å². The fraction of sp³-hybridized carbons (Fsp3) is 0.800. The molecule has 2 heteroatoms. The zero-order chi connectivity index (χ0) is 12.9. The van der Waals surface area contributed by atoms with Gasteiger partial charge in [0.1, 0.15) is 0 Å². The minimum Gasteiger partial charge on any atom is -0.352 e. The van der Waals surface area contributed by atoms with Crippen molar-refractivity contribution in [2.45, 2.75) is 72.1 Å². The summed E-state index contributed by atoms with van der Waals surface area (Å²) in [5, 5.41) is 2.96. The van der Waals surface area contributed by atoms with Crippen molar-refractivity contribution < 1.29 is 4.79 Å². The number of carbonyl (C=O) groups is 1. The normalized spacial score (nSPS) is 11.6. The Morgan fingerprint density at radius 2 is 1.65 bits per heavy atom. The van der Waals surface area contributed by atoms with Crippen molar-refractivity contribution in [1.29, 1.82) is 0 Å². The van der Waals surface area contributed by atoms with Crippen molar-refractivity contribution in [1.82, 2.24) is 5.32 Å². The molecule has 0 aromatic rings. The van der Waals surface area contributed by atoms with Crippen LogP contribution in [-0.4, -0.2) is 12.5 Å². The van der Waals surface area contributed by atoms with Gasteiger partial charge in [0, 0.05) is 12.1 Å². The molecule has 0 aromatic carbocycles. The second kappa shape index (κ2) is 11.7. The van der Waals surface area contributed by atoms with Gasteiger partial charge in [-0.25, -0.2) is 0 Å². The number of carbonyl (C=O) groups excluding carboxylic acids is 1. The maximum absolute atomic E-state index is 11.6. The van der Waals surface area contributed by atoms with Gasteiger partial charge in [0.15, 0.2) is 0 Å². The van der Waals surface area contributed by atoms with Crippen molar-refractivity contribution in [2.75, 3.05) is 6.54 Å². The lowest BCUT2D eigenvalue weighted by atomic mass is 10.1. The number of hydrogen-bond acceptors (Lipinski definition) is 1. The largest absolute Gasteiger partial charge is 0.352 e. The van der Waals surface area contributed by atoms with Crippen LogP contribution in [0.1, 0.15) is 72.1 Å². The van der Waals surface area contributed by atoms with Crippen LogP contribution >= 0.6 is 0 Å². The van der Waals surface area contributed by atoms with Crippen LogP contribution in [0.5, 0.6) is 0 Å². The molecule has 0 unspecified atom stereocenters. The number of nitrogens with one attached hydrogen (secondary N) is 1. The fourth-order valence-corrected chi connectivity index (χ4v) is 1.70. The van der Waals surface area contributed by atoms with E-state index in [0.29, 0.717) is 0 Å². The molecule has 0 saturated carbocycles. The zero-order valence-corrected chi connectivity index (χ0v) is 11.8. The van der Waals surface area contributed by atoms with Crippen LogP contribution < -0.4 is 5.32 Å². The highest BCUT2D eigenvalue weighted by molar-refractivity contribution is 5.92. The van der Waals surface area contributed by atoms with E-state index in [1.54, 1.807) is 0 Å². The number of hydrogen-bond donors (Lipinski definition) is 1. The Hall–Kier alpha value is -0.790. The molecule has 0 radical (unpaired) electrons. The molecule has 0 aromatic heterocycles. The molecule has 1 N–H and O–H groups in total. The van der Waals surface area contributed by atoms with Crippen molar-refractivity contribution in [3.8, 4) is 0 Å². The molecular weight excluding hydrogens is 210 g/mol. The van der Waals surface area contributed by atoms with Crippen LogP contribution in [0.15, 0.2) is 11.6 Å². The van der Waals surface area contributed by atoms with Crippen LogP contribution in [-0.2, 0) is 4.79 Å². The first-order valence-electron chi connectivity index (χ1n) is 7.17. The summed E-state index contributed by atoms with van der Waals surface area (Å²) >= 11 is 0. The first kappa shape index (κ1) is 16.2. The molecule has 0 rings (SSSR count). The van der Waals surface area contributed by atoms with Crippen molar-refractivity contribution in [3.05, 3.63) is 11.6 Å². The van der Waals surface area contributed by atoms with Gasteiger partial charge >= 0.3 is 0 Å². The van der Waals surface area contributed by atoms with Gasteiger partial charge in [0.25, 0.3) is 0 Å². The second-order valence-electron chi connectivity index (χ2n) is 4.70. The highest BCUT2D eigenvalue weighted by Gasteiger charge is 2.01. The topological polar surface area (TPSA) is 29.1 Å². The lowest BCUT2D eigenvalue weighted by molar-refractivity contribution is -0.117. The molecule has 0 aliphatic carbocycles. The first-order chi connectivity index (χ1) is 8.22. The summed E-state index contributed by atoms with van der Waals surface area (Å²) in [5.41, 5.74) is 0.873. The van der Waals surface area contributed by atoms with Gasteiger partial charge < -0.3 is 5.32 Å². The van der Waals surface area contributed by atoms with E-state index in [2.05, 4.69) is 25.2 Å². The van der Waals surface area contributed by atoms with E-state index in [4.69, 9.17) is 0 Å². The Balaban J connectivity index is 3.60. The quantitative estimate of drug-likeness (QED) is 0.449. The van der Waals surface area contributed by atoms with Gasteiger partial charge in [0.2, 0.25) is 5.91 Å². The average molecular weight is 239 g/mol. The summed E-state index contributed by atoms with van der Waals surface area (Å²) in [7, 11) is 0. The molecule has 0 fully saturated rings. The Kier molecular flexibility index (Phi) is 11.1. The lowest BCUT2D eigenvalue weighted by Gasteiger charge is -2.04. The summed E-state index contributed by atoms with van der Waals surface area (Å²) < 4.78 is 0. The molecule has 0 saturated heterocycles. The minimum atomic E-state index is 0.108. The number of rotatable bonds is 10. The second-order valence-corrected chi connectivity index (χ2v) is 4.70. The van der Waals surface area contributed by atoms with Crippen LogP contribution in [0.3, 0.4) is 0 Å². The maximum Gasteiger partial charge on any atom is 0.246 e. The molecule has 100 valence electrons. The van der Waals surface area contributed by atoms with E-state index < -0.39 is 0 Å². The third-order valence-electron chi connectivity index (χ3n) is 2.93. The molecule has 0 atom stereocenters. The Morgan fingerprint density at radius 1 is 1.00 bits per heavy atom. The number of allylic oxidation sites excluding steroid dienone is 1. The maximum atomic E-state index is 11.6. The van der Waals surface area contributed by atoms with E-state index in [0.717, 1.165) is 25.0 Å².